The maximum Gasteiger partial charge on any atom is 0.271 e. The molecule has 20 heavy (non-hydrogen) atoms. The van der Waals surface area contributed by atoms with Gasteiger partial charge >= 0.3 is 0 Å². The number of non-ortho nitro benzene ring substituents is 1. The number of hydrogen-bond acceptors (Lipinski definition) is 5. The highest BCUT2D eigenvalue weighted by atomic mass is 32.1. The van der Waals surface area contributed by atoms with Crippen LogP contribution >= 0.6 is 12.6 Å². The van der Waals surface area contributed by atoms with E-state index in [0.717, 1.165) is 0 Å². The Morgan fingerprint density at radius 2 is 2.20 bits per heavy atom. The number of ether oxygens (including phenoxy) is 1. The van der Waals surface area contributed by atoms with Crippen molar-refractivity contribution in [3.05, 3.63) is 28.3 Å². The van der Waals surface area contributed by atoms with E-state index in [2.05, 4.69) is 12.6 Å². The summed E-state index contributed by atoms with van der Waals surface area (Å²) in [6.07, 6.45) is 0. The van der Waals surface area contributed by atoms with Crippen LogP contribution in [0.5, 0.6) is 5.75 Å². The molecular weight excluding hydrogens is 280 g/mol. The molecule has 0 saturated carbocycles. The molecule has 2 rings (SSSR count). The fourth-order valence-electron chi connectivity index (χ4n) is 1.96. The van der Waals surface area contributed by atoms with Crippen molar-refractivity contribution >= 4 is 29.9 Å². The number of carbonyl (C=O) groups excluding carboxylic acids is 1. The highest BCUT2D eigenvalue weighted by molar-refractivity contribution is 7.80. The number of nitro groups is 1. The Morgan fingerprint density at radius 3 is 2.80 bits per heavy atom. The lowest BCUT2D eigenvalue weighted by molar-refractivity contribution is -0.384. The Bertz CT molecular complexity index is 559. The number of fused-ring (bicyclic) bond motifs is 1. The van der Waals surface area contributed by atoms with Crippen LogP contribution < -0.4 is 9.64 Å². The molecule has 6 nitrogen and oxygen atoms in total. The van der Waals surface area contributed by atoms with E-state index < -0.39 is 4.92 Å². The molecule has 1 amide bonds. The van der Waals surface area contributed by atoms with Crippen LogP contribution in [0.3, 0.4) is 0 Å². The summed E-state index contributed by atoms with van der Waals surface area (Å²) < 4.78 is 5.32. The van der Waals surface area contributed by atoms with Crippen molar-refractivity contribution in [2.45, 2.75) is 13.8 Å². The first-order valence-corrected chi connectivity index (χ1v) is 6.80. The van der Waals surface area contributed by atoms with Crippen LogP contribution in [0.4, 0.5) is 11.4 Å². The topological polar surface area (TPSA) is 72.7 Å². The van der Waals surface area contributed by atoms with Crippen LogP contribution in [-0.4, -0.2) is 29.7 Å². The van der Waals surface area contributed by atoms with Gasteiger partial charge in [-0.1, -0.05) is 13.8 Å². The molecule has 0 spiro atoms. The number of thiol groups is 1. The minimum atomic E-state index is -0.485. The summed E-state index contributed by atoms with van der Waals surface area (Å²) in [4.78, 5) is 24.0. The molecule has 0 N–H and O–H groups in total. The van der Waals surface area contributed by atoms with E-state index in [9.17, 15) is 14.9 Å². The second kappa shape index (κ2) is 5.32. The fraction of sp³-hybridized carbons (Fsp3) is 0.462. The van der Waals surface area contributed by atoms with Crippen molar-refractivity contribution in [1.29, 1.82) is 0 Å². The molecule has 7 heteroatoms. The Balaban J connectivity index is 2.41. The minimum absolute atomic E-state index is 0.0482. The average Bonchev–Trinajstić information content (AvgIpc) is 2.41. The van der Waals surface area contributed by atoms with Gasteiger partial charge in [-0.25, -0.2) is 0 Å². The molecule has 0 fully saturated rings. The number of carbonyl (C=O) groups is 1. The van der Waals surface area contributed by atoms with E-state index in [4.69, 9.17) is 4.74 Å². The van der Waals surface area contributed by atoms with Gasteiger partial charge in [0.2, 0.25) is 0 Å². The van der Waals surface area contributed by atoms with Crippen LogP contribution in [0.2, 0.25) is 0 Å². The fourth-order valence-corrected chi connectivity index (χ4v) is 2.06. The average molecular weight is 296 g/mol. The molecule has 0 saturated heterocycles. The van der Waals surface area contributed by atoms with E-state index in [1.165, 1.54) is 18.2 Å². The maximum absolute atomic E-state index is 12.0. The van der Waals surface area contributed by atoms with Crippen LogP contribution in [0.1, 0.15) is 13.8 Å². The normalized spacial score (nSPS) is 14.8. The zero-order chi connectivity index (χ0) is 14.9. The van der Waals surface area contributed by atoms with Gasteiger partial charge in [-0.05, 0) is 17.2 Å². The van der Waals surface area contributed by atoms with Gasteiger partial charge in [-0.3, -0.25) is 14.9 Å². The van der Waals surface area contributed by atoms with Crippen LogP contribution in [0, 0.1) is 15.5 Å². The SMILES string of the molecule is CC(C)(CS)CN1C(=O)COc2ccc([N+](=O)[O-])cc21. The van der Waals surface area contributed by atoms with Gasteiger partial charge < -0.3 is 9.64 Å². The molecule has 0 aromatic heterocycles. The molecule has 0 unspecified atom stereocenters. The Labute approximate surface area is 122 Å². The summed E-state index contributed by atoms with van der Waals surface area (Å²) in [5.41, 5.74) is 0.193. The van der Waals surface area contributed by atoms with Crippen LogP contribution in [-0.2, 0) is 4.79 Å². The van der Waals surface area contributed by atoms with Gasteiger partial charge in [0.15, 0.2) is 6.61 Å². The summed E-state index contributed by atoms with van der Waals surface area (Å²) >= 11 is 4.28. The van der Waals surface area contributed by atoms with Crippen molar-refractivity contribution in [2.24, 2.45) is 5.41 Å². The van der Waals surface area contributed by atoms with Crippen LogP contribution in [0.25, 0.3) is 0 Å². The summed E-state index contributed by atoms with van der Waals surface area (Å²) in [7, 11) is 0. The lowest BCUT2D eigenvalue weighted by atomic mass is 9.95. The lowest BCUT2D eigenvalue weighted by Crippen LogP contribution is -2.44. The monoisotopic (exact) mass is 296 g/mol. The quantitative estimate of drug-likeness (QED) is 0.525. The molecule has 1 aromatic rings. The first-order chi connectivity index (χ1) is 9.34. The largest absolute Gasteiger partial charge is 0.482 e. The number of hydrogen-bond donors (Lipinski definition) is 1. The predicted molar refractivity (Wildman–Crippen MR) is 78.6 cm³/mol. The molecule has 108 valence electrons. The smallest absolute Gasteiger partial charge is 0.271 e. The molecule has 0 atom stereocenters. The van der Waals surface area contributed by atoms with E-state index in [1.807, 2.05) is 13.8 Å². The number of benzene rings is 1. The van der Waals surface area contributed by atoms with Gasteiger partial charge in [0.05, 0.1) is 10.6 Å². The molecular formula is C13H16N2O4S. The van der Waals surface area contributed by atoms with Gasteiger partial charge in [0.1, 0.15) is 5.75 Å². The maximum atomic E-state index is 12.0. The van der Waals surface area contributed by atoms with Crippen molar-refractivity contribution < 1.29 is 14.5 Å². The third-order valence-electron chi connectivity index (χ3n) is 3.11. The highest BCUT2D eigenvalue weighted by Gasteiger charge is 2.31. The third-order valence-corrected chi connectivity index (χ3v) is 3.97. The van der Waals surface area contributed by atoms with Gasteiger partial charge in [-0.15, -0.1) is 0 Å². The molecule has 1 aromatic carbocycles. The van der Waals surface area contributed by atoms with E-state index in [1.54, 1.807) is 4.90 Å². The zero-order valence-electron chi connectivity index (χ0n) is 11.3. The standard InChI is InChI=1S/C13H16N2O4S/c1-13(2,8-20)7-14-10-5-9(15(17)18)3-4-11(10)19-6-12(14)16/h3-5,20H,6-8H2,1-2H3. The minimum Gasteiger partial charge on any atom is -0.482 e. The highest BCUT2D eigenvalue weighted by Crippen LogP contribution is 2.37. The molecule has 0 radical (unpaired) electrons. The number of amides is 1. The summed E-state index contributed by atoms with van der Waals surface area (Å²) in [5, 5.41) is 10.9. The number of nitro benzene ring substituents is 1. The Hall–Kier alpha value is -1.76. The molecule has 0 bridgehead atoms. The van der Waals surface area contributed by atoms with Gasteiger partial charge in [0, 0.05) is 18.7 Å². The predicted octanol–water partition coefficient (Wildman–Crippen LogP) is 2.28. The lowest BCUT2D eigenvalue weighted by Gasteiger charge is -2.35. The molecule has 0 aliphatic carbocycles. The second-order valence-corrected chi connectivity index (χ2v) is 5.82. The second-order valence-electron chi connectivity index (χ2n) is 5.50. The summed E-state index contributed by atoms with van der Waals surface area (Å²) in [6.45, 7) is 4.36. The zero-order valence-corrected chi connectivity index (χ0v) is 12.2. The van der Waals surface area contributed by atoms with Crippen molar-refractivity contribution in [2.75, 3.05) is 23.8 Å². The van der Waals surface area contributed by atoms with Crippen molar-refractivity contribution in [1.82, 2.24) is 0 Å². The summed E-state index contributed by atoms with van der Waals surface area (Å²) in [6, 6.07) is 4.28. The Kier molecular flexibility index (Phi) is 3.89. The van der Waals surface area contributed by atoms with Gasteiger partial charge in [-0.2, -0.15) is 12.6 Å². The van der Waals surface area contributed by atoms with Crippen molar-refractivity contribution in [3.63, 3.8) is 0 Å². The summed E-state index contributed by atoms with van der Waals surface area (Å²) in [5.74, 6) is 0.889. The number of nitrogens with zero attached hydrogens (tertiary/aromatic N) is 2. The Morgan fingerprint density at radius 1 is 1.50 bits per heavy atom. The van der Waals surface area contributed by atoms with E-state index in [-0.39, 0.29) is 23.6 Å². The van der Waals surface area contributed by atoms with Gasteiger partial charge in [0.25, 0.3) is 11.6 Å². The number of anilines is 1. The first-order valence-electron chi connectivity index (χ1n) is 6.16. The van der Waals surface area contributed by atoms with Crippen molar-refractivity contribution in [3.8, 4) is 5.75 Å². The van der Waals surface area contributed by atoms with Crippen LogP contribution in [0.15, 0.2) is 18.2 Å². The third kappa shape index (κ3) is 2.87. The molecule has 1 heterocycles. The van der Waals surface area contributed by atoms with E-state index >= 15 is 0 Å². The first kappa shape index (κ1) is 14.6. The molecule has 1 aliphatic heterocycles. The van der Waals surface area contributed by atoms with E-state index in [0.29, 0.717) is 23.7 Å². The number of rotatable bonds is 4. The molecule has 1 aliphatic rings.